The normalized spacial score (nSPS) is 12.1. The van der Waals surface area contributed by atoms with E-state index >= 15 is 0 Å². The summed E-state index contributed by atoms with van der Waals surface area (Å²) in [7, 11) is 0. The van der Waals surface area contributed by atoms with Gasteiger partial charge in [-0.25, -0.2) is 4.79 Å². The van der Waals surface area contributed by atoms with Gasteiger partial charge in [-0.05, 0) is 24.1 Å². The Kier molecular flexibility index (Phi) is 5.44. The van der Waals surface area contributed by atoms with Crippen molar-refractivity contribution >= 4 is 40.9 Å². The molecule has 1 aromatic carbocycles. The number of amides is 2. The SMILES string of the molecule is CC(C)[C@H](NC(=O)Nc1ccc(Cl)cc1Cl)C(=O)[O-]. The molecule has 1 atom stereocenters. The van der Waals surface area contributed by atoms with Crippen LogP contribution in [0.2, 0.25) is 10.0 Å². The van der Waals surface area contributed by atoms with Crippen LogP contribution in [0.3, 0.4) is 0 Å². The van der Waals surface area contributed by atoms with E-state index in [0.29, 0.717) is 10.7 Å². The molecule has 2 N–H and O–H groups in total. The fourth-order valence-corrected chi connectivity index (χ4v) is 1.84. The number of carboxylic acid groups (broad SMARTS) is 1. The maximum atomic E-state index is 11.7. The number of urea groups is 1. The zero-order chi connectivity index (χ0) is 14.6. The Morgan fingerprint density at radius 2 is 1.89 bits per heavy atom. The van der Waals surface area contributed by atoms with Crippen LogP contribution in [0.4, 0.5) is 10.5 Å². The molecule has 2 amide bonds. The summed E-state index contributed by atoms with van der Waals surface area (Å²) < 4.78 is 0. The molecule has 1 rings (SSSR count). The molecule has 0 aliphatic rings. The number of benzene rings is 1. The van der Waals surface area contributed by atoms with Crippen LogP contribution in [0.15, 0.2) is 18.2 Å². The lowest BCUT2D eigenvalue weighted by Crippen LogP contribution is -2.51. The number of aliphatic carboxylic acids is 1. The first kappa shape index (κ1) is 15.6. The van der Waals surface area contributed by atoms with Crippen molar-refractivity contribution in [2.24, 2.45) is 5.92 Å². The largest absolute Gasteiger partial charge is 0.548 e. The maximum Gasteiger partial charge on any atom is 0.319 e. The van der Waals surface area contributed by atoms with Crippen LogP contribution in [-0.4, -0.2) is 18.0 Å². The van der Waals surface area contributed by atoms with Gasteiger partial charge in [0.1, 0.15) is 0 Å². The van der Waals surface area contributed by atoms with Crippen molar-refractivity contribution in [1.29, 1.82) is 0 Å². The third-order valence-corrected chi connectivity index (χ3v) is 2.93. The Hall–Kier alpha value is -1.46. The fraction of sp³-hybridized carbons (Fsp3) is 0.333. The molecule has 0 bridgehead atoms. The molecule has 0 fully saturated rings. The molecule has 1 aromatic rings. The number of nitrogens with one attached hydrogen (secondary N) is 2. The summed E-state index contributed by atoms with van der Waals surface area (Å²) in [5, 5.41) is 16.3. The molecule has 104 valence electrons. The van der Waals surface area contributed by atoms with Gasteiger partial charge in [-0.1, -0.05) is 37.0 Å². The molecular weight excluding hydrogens is 291 g/mol. The highest BCUT2D eigenvalue weighted by atomic mass is 35.5. The van der Waals surface area contributed by atoms with Gasteiger partial charge in [0.15, 0.2) is 0 Å². The molecule has 7 heteroatoms. The van der Waals surface area contributed by atoms with Gasteiger partial charge in [0, 0.05) is 5.02 Å². The molecule has 0 saturated carbocycles. The number of hydrogen-bond donors (Lipinski definition) is 2. The first-order valence-electron chi connectivity index (χ1n) is 5.54. The van der Waals surface area contributed by atoms with Crippen LogP contribution in [0.5, 0.6) is 0 Å². The number of carbonyl (C=O) groups excluding carboxylic acids is 2. The van der Waals surface area contributed by atoms with Crippen molar-refractivity contribution in [3.05, 3.63) is 28.2 Å². The van der Waals surface area contributed by atoms with Crippen LogP contribution in [0.1, 0.15) is 13.8 Å². The Bertz CT molecular complexity index is 492. The number of rotatable bonds is 4. The lowest BCUT2D eigenvalue weighted by atomic mass is 10.1. The van der Waals surface area contributed by atoms with Crippen molar-refractivity contribution in [2.75, 3.05) is 5.32 Å². The lowest BCUT2D eigenvalue weighted by Gasteiger charge is -2.23. The smallest absolute Gasteiger partial charge is 0.319 e. The second-order valence-electron chi connectivity index (χ2n) is 4.26. The molecule has 0 spiro atoms. The van der Waals surface area contributed by atoms with Gasteiger partial charge >= 0.3 is 6.03 Å². The van der Waals surface area contributed by atoms with Gasteiger partial charge in [-0.3, -0.25) is 0 Å². The van der Waals surface area contributed by atoms with Crippen molar-refractivity contribution in [1.82, 2.24) is 5.32 Å². The molecule has 0 aliphatic heterocycles. The maximum absolute atomic E-state index is 11.7. The first-order valence-corrected chi connectivity index (χ1v) is 6.30. The average Bonchev–Trinajstić information content (AvgIpc) is 2.29. The Morgan fingerprint density at radius 3 is 2.37 bits per heavy atom. The second kappa shape index (κ2) is 6.63. The standard InChI is InChI=1S/C12H14Cl2N2O3/c1-6(2)10(11(17)18)16-12(19)15-9-4-3-7(13)5-8(9)14/h3-6,10H,1-2H3,(H,17,18)(H2,15,16,19)/p-1/t10-/m0/s1. The highest BCUT2D eigenvalue weighted by molar-refractivity contribution is 6.36. The summed E-state index contributed by atoms with van der Waals surface area (Å²) in [5.74, 6) is -1.64. The molecule has 0 heterocycles. The van der Waals surface area contributed by atoms with E-state index in [1.807, 2.05) is 0 Å². The van der Waals surface area contributed by atoms with E-state index < -0.39 is 18.0 Å². The zero-order valence-electron chi connectivity index (χ0n) is 10.4. The van der Waals surface area contributed by atoms with E-state index in [1.54, 1.807) is 19.9 Å². The van der Waals surface area contributed by atoms with Crippen LogP contribution in [0.25, 0.3) is 0 Å². The van der Waals surface area contributed by atoms with E-state index in [9.17, 15) is 14.7 Å². The lowest BCUT2D eigenvalue weighted by molar-refractivity contribution is -0.309. The Labute approximate surface area is 120 Å². The van der Waals surface area contributed by atoms with Gasteiger partial charge in [0.2, 0.25) is 0 Å². The topological polar surface area (TPSA) is 81.3 Å². The molecule has 19 heavy (non-hydrogen) atoms. The molecule has 0 saturated heterocycles. The van der Waals surface area contributed by atoms with Gasteiger partial charge < -0.3 is 20.5 Å². The Morgan fingerprint density at radius 1 is 1.26 bits per heavy atom. The Balaban J connectivity index is 2.72. The molecule has 0 unspecified atom stereocenters. The first-order chi connectivity index (χ1) is 8.81. The summed E-state index contributed by atoms with van der Waals surface area (Å²) >= 11 is 11.6. The zero-order valence-corrected chi connectivity index (χ0v) is 11.9. The third-order valence-electron chi connectivity index (χ3n) is 2.39. The van der Waals surface area contributed by atoms with Crippen molar-refractivity contribution in [3.63, 3.8) is 0 Å². The van der Waals surface area contributed by atoms with Gasteiger partial charge in [-0.15, -0.1) is 0 Å². The monoisotopic (exact) mass is 303 g/mol. The van der Waals surface area contributed by atoms with Gasteiger partial charge in [0.05, 0.1) is 22.7 Å². The highest BCUT2D eigenvalue weighted by Crippen LogP contribution is 2.25. The van der Waals surface area contributed by atoms with Crippen molar-refractivity contribution in [3.8, 4) is 0 Å². The van der Waals surface area contributed by atoms with E-state index in [2.05, 4.69) is 10.6 Å². The molecule has 0 aromatic heterocycles. The molecular formula is C12H13Cl2N2O3-. The number of carbonyl (C=O) groups is 2. The summed E-state index contributed by atoms with van der Waals surface area (Å²) in [6.45, 7) is 3.33. The predicted molar refractivity (Wildman–Crippen MR) is 72.2 cm³/mol. The van der Waals surface area contributed by atoms with Gasteiger partial charge in [-0.2, -0.15) is 0 Å². The molecule has 0 radical (unpaired) electrons. The van der Waals surface area contributed by atoms with Gasteiger partial charge in [0.25, 0.3) is 0 Å². The summed E-state index contributed by atoms with van der Waals surface area (Å²) in [6.07, 6.45) is 0. The minimum atomic E-state index is -1.34. The summed E-state index contributed by atoms with van der Waals surface area (Å²) in [6, 6.07) is 2.80. The number of anilines is 1. The molecule has 5 nitrogen and oxygen atoms in total. The fourth-order valence-electron chi connectivity index (χ4n) is 1.39. The number of carboxylic acids is 1. The summed E-state index contributed by atoms with van der Waals surface area (Å²) in [5.41, 5.74) is 0.337. The minimum absolute atomic E-state index is 0.261. The average molecular weight is 304 g/mol. The van der Waals surface area contributed by atoms with Crippen LogP contribution < -0.4 is 15.7 Å². The van der Waals surface area contributed by atoms with Crippen molar-refractivity contribution in [2.45, 2.75) is 19.9 Å². The third kappa shape index (κ3) is 4.61. The van der Waals surface area contributed by atoms with E-state index in [0.717, 1.165) is 0 Å². The van der Waals surface area contributed by atoms with E-state index in [-0.39, 0.29) is 10.9 Å². The minimum Gasteiger partial charge on any atom is -0.548 e. The van der Waals surface area contributed by atoms with Crippen LogP contribution >= 0.6 is 23.2 Å². The van der Waals surface area contributed by atoms with E-state index in [1.165, 1.54) is 12.1 Å². The highest BCUT2D eigenvalue weighted by Gasteiger charge is 2.17. The van der Waals surface area contributed by atoms with Crippen LogP contribution in [-0.2, 0) is 4.79 Å². The van der Waals surface area contributed by atoms with E-state index in [4.69, 9.17) is 23.2 Å². The van der Waals surface area contributed by atoms with Crippen molar-refractivity contribution < 1.29 is 14.7 Å². The molecule has 0 aliphatic carbocycles. The number of halogens is 2. The second-order valence-corrected chi connectivity index (χ2v) is 5.11. The summed E-state index contributed by atoms with van der Waals surface area (Å²) in [4.78, 5) is 22.5. The van der Waals surface area contributed by atoms with Crippen LogP contribution in [0, 0.1) is 5.92 Å². The predicted octanol–water partition coefficient (Wildman–Crippen LogP) is 1.89. The number of hydrogen-bond acceptors (Lipinski definition) is 3. The quantitative estimate of drug-likeness (QED) is 0.891.